The number of carboxylic acid groups (broad SMARTS) is 1. The highest BCUT2D eigenvalue weighted by Crippen LogP contribution is 2.31. The first-order valence-corrected chi connectivity index (χ1v) is 8.06. The Kier molecular flexibility index (Phi) is 5.94. The van der Waals surface area contributed by atoms with Gasteiger partial charge in [-0.1, -0.05) is 12.1 Å². The van der Waals surface area contributed by atoms with Gasteiger partial charge in [-0.3, -0.25) is 4.79 Å². The molecule has 128 valence electrons. The zero-order valence-electron chi connectivity index (χ0n) is 13.7. The number of carbonyl (C=O) groups is 2. The summed E-state index contributed by atoms with van der Waals surface area (Å²) < 4.78 is 9.94. The van der Waals surface area contributed by atoms with Gasteiger partial charge in [-0.05, 0) is 36.2 Å². The van der Waals surface area contributed by atoms with Crippen LogP contribution >= 0.6 is 11.3 Å². The third kappa shape index (κ3) is 4.12. The number of ether oxygens (including phenoxy) is 2. The van der Waals surface area contributed by atoms with Crippen molar-refractivity contribution in [1.29, 1.82) is 0 Å². The molecule has 7 heteroatoms. The van der Waals surface area contributed by atoms with Gasteiger partial charge in [0.15, 0.2) is 6.10 Å². The summed E-state index contributed by atoms with van der Waals surface area (Å²) in [4.78, 5) is 24.6. The Hall–Kier alpha value is -2.38. The maximum Gasteiger partial charge on any atom is 0.334 e. The van der Waals surface area contributed by atoms with Crippen molar-refractivity contribution in [3.8, 4) is 16.9 Å². The van der Waals surface area contributed by atoms with E-state index in [1.807, 2.05) is 31.2 Å². The van der Waals surface area contributed by atoms with Crippen molar-refractivity contribution in [2.75, 3.05) is 20.8 Å². The van der Waals surface area contributed by atoms with Crippen LogP contribution in [0.3, 0.4) is 0 Å². The molecule has 2 rings (SSSR count). The molecule has 2 N–H and O–H groups in total. The Morgan fingerprint density at radius 2 is 1.92 bits per heavy atom. The number of aliphatic carboxylic acids is 1. The Morgan fingerprint density at radius 3 is 2.46 bits per heavy atom. The number of hydrogen-bond donors (Lipinski definition) is 2. The molecule has 0 saturated carbocycles. The van der Waals surface area contributed by atoms with E-state index >= 15 is 0 Å². The van der Waals surface area contributed by atoms with Gasteiger partial charge in [0.2, 0.25) is 0 Å². The van der Waals surface area contributed by atoms with Gasteiger partial charge in [0, 0.05) is 12.0 Å². The predicted octanol–water partition coefficient (Wildman–Crippen LogP) is 2.56. The molecular formula is C17H19NO5S. The van der Waals surface area contributed by atoms with E-state index in [-0.39, 0.29) is 12.5 Å². The number of rotatable bonds is 7. The summed E-state index contributed by atoms with van der Waals surface area (Å²) in [6.07, 6.45) is -1.06. The number of aryl methyl sites for hydroxylation is 1. The molecule has 0 aliphatic heterocycles. The highest BCUT2D eigenvalue weighted by atomic mass is 32.1. The summed E-state index contributed by atoms with van der Waals surface area (Å²) in [5.74, 6) is -0.658. The highest BCUT2D eigenvalue weighted by molar-refractivity contribution is 7.14. The molecule has 24 heavy (non-hydrogen) atoms. The summed E-state index contributed by atoms with van der Waals surface area (Å²) in [7, 11) is 2.90. The van der Waals surface area contributed by atoms with E-state index in [1.165, 1.54) is 18.4 Å². The Morgan fingerprint density at radius 1 is 1.25 bits per heavy atom. The smallest absolute Gasteiger partial charge is 0.334 e. The number of amides is 1. The average Bonchev–Trinajstić information content (AvgIpc) is 2.97. The first-order chi connectivity index (χ1) is 11.5. The number of nitrogens with one attached hydrogen (secondary N) is 1. The van der Waals surface area contributed by atoms with E-state index in [4.69, 9.17) is 14.6 Å². The van der Waals surface area contributed by atoms with E-state index in [0.29, 0.717) is 4.88 Å². The number of carbonyl (C=O) groups excluding carboxylic acids is 1. The molecule has 0 saturated heterocycles. The van der Waals surface area contributed by atoms with Crippen LogP contribution in [-0.4, -0.2) is 43.9 Å². The summed E-state index contributed by atoms with van der Waals surface area (Å²) in [5.41, 5.74) is 1.96. The fourth-order valence-corrected chi connectivity index (χ4v) is 3.15. The Balaban J connectivity index is 2.12. The molecular weight excluding hydrogens is 330 g/mol. The number of thiophene rings is 1. The highest BCUT2D eigenvalue weighted by Gasteiger charge is 2.19. The molecule has 1 atom stereocenters. The van der Waals surface area contributed by atoms with Crippen LogP contribution in [0.2, 0.25) is 0 Å². The average molecular weight is 349 g/mol. The van der Waals surface area contributed by atoms with Crippen LogP contribution in [0, 0.1) is 6.92 Å². The molecule has 0 aliphatic carbocycles. The van der Waals surface area contributed by atoms with Gasteiger partial charge in [-0.25, -0.2) is 4.79 Å². The van der Waals surface area contributed by atoms with Gasteiger partial charge in [-0.2, -0.15) is 0 Å². The minimum absolute atomic E-state index is 0.0838. The third-order valence-corrected chi connectivity index (χ3v) is 4.60. The maximum atomic E-state index is 12.2. The van der Waals surface area contributed by atoms with E-state index in [2.05, 4.69) is 5.32 Å². The van der Waals surface area contributed by atoms with Gasteiger partial charge in [0.05, 0.1) is 18.5 Å². The van der Waals surface area contributed by atoms with Gasteiger partial charge in [-0.15, -0.1) is 11.3 Å². The SMILES string of the molecule is COc1ccc(-c2cc(C(=O)NCC(OC)C(=O)O)sc2C)cc1. The van der Waals surface area contributed by atoms with E-state index < -0.39 is 12.1 Å². The second-order valence-electron chi connectivity index (χ2n) is 5.08. The zero-order chi connectivity index (χ0) is 17.7. The van der Waals surface area contributed by atoms with Crippen molar-refractivity contribution in [2.45, 2.75) is 13.0 Å². The fourth-order valence-electron chi connectivity index (χ4n) is 2.20. The van der Waals surface area contributed by atoms with Crippen LogP contribution < -0.4 is 10.1 Å². The van der Waals surface area contributed by atoms with Crippen molar-refractivity contribution >= 4 is 23.2 Å². The normalized spacial score (nSPS) is 11.8. The number of hydrogen-bond acceptors (Lipinski definition) is 5. The maximum absolute atomic E-state index is 12.2. The lowest BCUT2D eigenvalue weighted by Gasteiger charge is -2.10. The lowest BCUT2D eigenvalue weighted by molar-refractivity contribution is -0.148. The molecule has 1 unspecified atom stereocenters. The molecule has 0 spiro atoms. The van der Waals surface area contributed by atoms with E-state index in [0.717, 1.165) is 21.8 Å². The zero-order valence-corrected chi connectivity index (χ0v) is 14.5. The first kappa shape index (κ1) is 18.0. The Bertz CT molecular complexity index is 723. The molecule has 0 radical (unpaired) electrons. The molecule has 0 bridgehead atoms. The van der Waals surface area contributed by atoms with Crippen molar-refractivity contribution < 1.29 is 24.2 Å². The van der Waals surface area contributed by atoms with Gasteiger partial charge in [0.1, 0.15) is 5.75 Å². The van der Waals surface area contributed by atoms with Crippen molar-refractivity contribution in [2.24, 2.45) is 0 Å². The monoisotopic (exact) mass is 349 g/mol. The predicted molar refractivity (Wildman–Crippen MR) is 91.8 cm³/mol. The quantitative estimate of drug-likeness (QED) is 0.802. The van der Waals surface area contributed by atoms with Crippen LogP contribution in [0.4, 0.5) is 0 Å². The number of methoxy groups -OCH3 is 2. The molecule has 1 aromatic carbocycles. The van der Waals surface area contributed by atoms with Gasteiger partial charge >= 0.3 is 5.97 Å². The van der Waals surface area contributed by atoms with Crippen molar-refractivity contribution in [1.82, 2.24) is 5.32 Å². The van der Waals surface area contributed by atoms with Gasteiger partial charge < -0.3 is 19.9 Å². The number of carboxylic acids is 1. The molecule has 0 fully saturated rings. The standard InChI is InChI=1S/C17H19NO5S/c1-10-13(11-4-6-12(22-2)7-5-11)8-15(24-10)16(19)18-9-14(23-3)17(20)21/h4-8,14H,9H2,1-3H3,(H,18,19)(H,20,21). The van der Waals surface area contributed by atoms with Crippen LogP contribution in [0.25, 0.3) is 11.1 Å². The second kappa shape index (κ2) is 7.94. The van der Waals surface area contributed by atoms with Gasteiger partial charge in [0.25, 0.3) is 5.91 Å². The number of benzene rings is 1. The van der Waals surface area contributed by atoms with E-state index in [9.17, 15) is 9.59 Å². The second-order valence-corrected chi connectivity index (χ2v) is 6.34. The third-order valence-electron chi connectivity index (χ3n) is 3.55. The molecule has 1 amide bonds. The lowest BCUT2D eigenvalue weighted by Crippen LogP contribution is -2.37. The molecule has 2 aromatic rings. The van der Waals surface area contributed by atoms with Crippen LogP contribution in [0.15, 0.2) is 30.3 Å². The molecule has 6 nitrogen and oxygen atoms in total. The summed E-state index contributed by atoms with van der Waals surface area (Å²) >= 11 is 1.36. The molecule has 0 aliphatic rings. The van der Waals surface area contributed by atoms with Crippen LogP contribution in [0.1, 0.15) is 14.5 Å². The topological polar surface area (TPSA) is 84.9 Å². The Labute approximate surface area is 144 Å². The fraction of sp³-hybridized carbons (Fsp3) is 0.294. The largest absolute Gasteiger partial charge is 0.497 e. The minimum Gasteiger partial charge on any atom is -0.497 e. The minimum atomic E-state index is -1.11. The van der Waals surface area contributed by atoms with Crippen LogP contribution in [0.5, 0.6) is 5.75 Å². The van der Waals surface area contributed by atoms with E-state index in [1.54, 1.807) is 13.2 Å². The summed E-state index contributed by atoms with van der Waals surface area (Å²) in [6, 6.07) is 9.39. The first-order valence-electron chi connectivity index (χ1n) is 7.25. The van der Waals surface area contributed by atoms with Crippen LogP contribution in [-0.2, 0) is 9.53 Å². The summed E-state index contributed by atoms with van der Waals surface area (Å²) in [6.45, 7) is 1.86. The lowest BCUT2D eigenvalue weighted by atomic mass is 10.1. The molecule has 1 heterocycles. The summed E-state index contributed by atoms with van der Waals surface area (Å²) in [5, 5.41) is 11.5. The molecule has 1 aromatic heterocycles. The van der Waals surface area contributed by atoms with Crippen molar-refractivity contribution in [3.05, 3.63) is 40.1 Å². The van der Waals surface area contributed by atoms with Crippen molar-refractivity contribution in [3.63, 3.8) is 0 Å².